The van der Waals surface area contributed by atoms with E-state index in [-0.39, 0.29) is 29.5 Å². The number of aryl methyl sites for hydroxylation is 3. The SMILES string of the molecule is Cc1cc(C(=O)NC(C)c2cc(C)c(OCC(F)F)c(C)c2)nc(NC(=O)C2CC2)n1. The largest absolute Gasteiger partial charge is 0.487 e. The number of carbonyl (C=O) groups is 2. The molecule has 2 N–H and O–H groups in total. The molecule has 1 aromatic carbocycles. The number of anilines is 1. The molecule has 2 aromatic rings. The number of benzene rings is 1. The van der Waals surface area contributed by atoms with Crippen LogP contribution in [0.3, 0.4) is 0 Å². The van der Waals surface area contributed by atoms with Gasteiger partial charge < -0.3 is 10.1 Å². The number of carbonyl (C=O) groups excluding carboxylic acids is 2. The van der Waals surface area contributed by atoms with Crippen LogP contribution in [0.25, 0.3) is 0 Å². The van der Waals surface area contributed by atoms with Crippen molar-refractivity contribution in [2.24, 2.45) is 5.92 Å². The smallest absolute Gasteiger partial charge is 0.272 e. The van der Waals surface area contributed by atoms with Gasteiger partial charge in [0.25, 0.3) is 12.3 Å². The van der Waals surface area contributed by atoms with Crippen LogP contribution in [0.2, 0.25) is 0 Å². The molecule has 3 rings (SSSR count). The summed E-state index contributed by atoms with van der Waals surface area (Å²) in [6.45, 7) is 6.41. The Morgan fingerprint density at radius 1 is 1.13 bits per heavy atom. The van der Waals surface area contributed by atoms with Gasteiger partial charge in [0.1, 0.15) is 18.1 Å². The standard InChI is InChI=1S/C22H26F2N4O3/c1-11-7-16(8-12(2)19(11)31-10-18(23)24)14(4)26-21(30)17-9-13(3)25-22(27-17)28-20(29)15-5-6-15/h7-9,14-15,18H,5-6,10H2,1-4H3,(H,26,30)(H,25,27,28,29). The van der Waals surface area contributed by atoms with E-state index < -0.39 is 18.9 Å². The molecule has 0 aliphatic heterocycles. The molecule has 1 fully saturated rings. The van der Waals surface area contributed by atoms with Gasteiger partial charge >= 0.3 is 0 Å². The summed E-state index contributed by atoms with van der Waals surface area (Å²) in [5.41, 5.74) is 2.93. The average molecular weight is 432 g/mol. The molecule has 1 aromatic heterocycles. The van der Waals surface area contributed by atoms with Gasteiger partial charge in [-0.15, -0.1) is 0 Å². The molecule has 0 radical (unpaired) electrons. The van der Waals surface area contributed by atoms with Gasteiger partial charge in [-0.3, -0.25) is 14.9 Å². The monoisotopic (exact) mass is 432 g/mol. The number of aromatic nitrogens is 2. The predicted molar refractivity (Wildman–Crippen MR) is 111 cm³/mol. The second-order valence-corrected chi connectivity index (χ2v) is 7.86. The van der Waals surface area contributed by atoms with Crippen LogP contribution in [0.5, 0.6) is 5.75 Å². The van der Waals surface area contributed by atoms with Crippen LogP contribution in [-0.2, 0) is 4.79 Å². The second kappa shape index (κ2) is 9.36. The molecular formula is C22H26F2N4O3. The Bertz CT molecular complexity index is 970. The maximum absolute atomic E-state index is 12.8. The quantitative estimate of drug-likeness (QED) is 0.660. The fourth-order valence-electron chi connectivity index (χ4n) is 3.26. The number of ether oxygens (including phenoxy) is 1. The molecule has 1 atom stereocenters. The van der Waals surface area contributed by atoms with Crippen LogP contribution < -0.4 is 15.4 Å². The van der Waals surface area contributed by atoms with Crippen LogP contribution in [-0.4, -0.2) is 34.8 Å². The number of rotatable bonds is 8. The summed E-state index contributed by atoms with van der Waals surface area (Å²) in [5.74, 6) is -0.00816. The van der Waals surface area contributed by atoms with Crippen LogP contribution in [0.4, 0.5) is 14.7 Å². The highest BCUT2D eigenvalue weighted by Crippen LogP contribution is 2.30. The van der Waals surface area contributed by atoms with Gasteiger partial charge in [-0.05, 0) is 63.3 Å². The highest BCUT2D eigenvalue weighted by molar-refractivity contribution is 5.95. The first-order chi connectivity index (χ1) is 14.6. The molecule has 2 amide bonds. The highest BCUT2D eigenvalue weighted by atomic mass is 19.3. The molecule has 1 unspecified atom stereocenters. The van der Waals surface area contributed by atoms with E-state index in [9.17, 15) is 18.4 Å². The average Bonchev–Trinajstić information content (AvgIpc) is 3.51. The number of alkyl halides is 2. The Hall–Kier alpha value is -3.10. The molecule has 1 aliphatic carbocycles. The van der Waals surface area contributed by atoms with Crippen molar-refractivity contribution in [3.05, 3.63) is 46.3 Å². The van der Waals surface area contributed by atoms with Gasteiger partial charge in [0, 0.05) is 11.6 Å². The summed E-state index contributed by atoms with van der Waals surface area (Å²) >= 11 is 0. The number of halogens is 2. The first kappa shape index (κ1) is 22.6. The van der Waals surface area contributed by atoms with E-state index in [1.54, 1.807) is 39.0 Å². The van der Waals surface area contributed by atoms with Gasteiger partial charge in [0.05, 0.1) is 6.04 Å². The molecule has 1 saturated carbocycles. The third-order valence-electron chi connectivity index (χ3n) is 4.95. The third kappa shape index (κ3) is 5.96. The summed E-state index contributed by atoms with van der Waals surface area (Å²) in [6.07, 6.45) is -0.840. The lowest BCUT2D eigenvalue weighted by atomic mass is 10.0. The zero-order valence-corrected chi connectivity index (χ0v) is 18.0. The molecule has 0 saturated heterocycles. The van der Waals surface area contributed by atoms with Crippen molar-refractivity contribution in [3.8, 4) is 5.75 Å². The third-order valence-corrected chi connectivity index (χ3v) is 4.95. The van der Waals surface area contributed by atoms with Crippen molar-refractivity contribution < 1.29 is 23.1 Å². The van der Waals surface area contributed by atoms with E-state index in [1.807, 2.05) is 6.92 Å². The van der Waals surface area contributed by atoms with E-state index in [1.165, 1.54) is 0 Å². The minimum Gasteiger partial charge on any atom is -0.487 e. The second-order valence-electron chi connectivity index (χ2n) is 7.86. The molecular weight excluding hydrogens is 406 g/mol. The lowest BCUT2D eigenvalue weighted by molar-refractivity contribution is -0.117. The van der Waals surface area contributed by atoms with E-state index in [0.29, 0.717) is 22.6 Å². The summed E-state index contributed by atoms with van der Waals surface area (Å²) < 4.78 is 30.1. The number of amides is 2. The zero-order chi connectivity index (χ0) is 22.7. The van der Waals surface area contributed by atoms with E-state index in [2.05, 4.69) is 20.6 Å². The number of nitrogens with one attached hydrogen (secondary N) is 2. The molecule has 0 bridgehead atoms. The van der Waals surface area contributed by atoms with Crippen LogP contribution >= 0.6 is 0 Å². The Morgan fingerprint density at radius 3 is 2.35 bits per heavy atom. The fourth-order valence-corrected chi connectivity index (χ4v) is 3.26. The molecule has 1 aliphatic rings. The number of nitrogens with zero attached hydrogens (tertiary/aromatic N) is 2. The van der Waals surface area contributed by atoms with Gasteiger partial charge in [-0.1, -0.05) is 12.1 Å². The lowest BCUT2D eigenvalue weighted by Gasteiger charge is -2.18. The van der Waals surface area contributed by atoms with Crippen molar-refractivity contribution in [2.45, 2.75) is 53.0 Å². The summed E-state index contributed by atoms with van der Waals surface area (Å²) in [5, 5.41) is 5.53. The van der Waals surface area contributed by atoms with Crippen molar-refractivity contribution in [3.63, 3.8) is 0 Å². The van der Waals surface area contributed by atoms with Crippen molar-refractivity contribution >= 4 is 17.8 Å². The maximum Gasteiger partial charge on any atom is 0.272 e. The Balaban J connectivity index is 1.71. The first-order valence-electron chi connectivity index (χ1n) is 10.1. The molecule has 0 spiro atoms. The van der Waals surface area contributed by atoms with Gasteiger partial charge in [0.15, 0.2) is 0 Å². The summed E-state index contributed by atoms with van der Waals surface area (Å²) in [6, 6.07) is 4.78. The minimum atomic E-state index is -2.55. The molecule has 9 heteroatoms. The Labute approximate surface area is 179 Å². The zero-order valence-electron chi connectivity index (χ0n) is 18.0. The van der Waals surface area contributed by atoms with E-state index in [4.69, 9.17) is 4.74 Å². The normalized spacial score (nSPS) is 14.3. The highest BCUT2D eigenvalue weighted by Gasteiger charge is 2.30. The molecule has 31 heavy (non-hydrogen) atoms. The van der Waals surface area contributed by atoms with E-state index >= 15 is 0 Å². The summed E-state index contributed by atoms with van der Waals surface area (Å²) in [7, 11) is 0. The molecule has 1 heterocycles. The van der Waals surface area contributed by atoms with Crippen molar-refractivity contribution in [1.29, 1.82) is 0 Å². The number of hydrogen-bond donors (Lipinski definition) is 2. The van der Waals surface area contributed by atoms with E-state index in [0.717, 1.165) is 18.4 Å². The van der Waals surface area contributed by atoms with Crippen LogP contribution in [0, 0.1) is 26.7 Å². The van der Waals surface area contributed by atoms with Crippen molar-refractivity contribution in [2.75, 3.05) is 11.9 Å². The first-order valence-corrected chi connectivity index (χ1v) is 10.1. The number of hydrogen-bond acceptors (Lipinski definition) is 5. The predicted octanol–water partition coefficient (Wildman–Crippen LogP) is 3.89. The van der Waals surface area contributed by atoms with Gasteiger partial charge in [-0.25, -0.2) is 18.7 Å². The summed E-state index contributed by atoms with van der Waals surface area (Å²) in [4.78, 5) is 33.1. The Kier molecular flexibility index (Phi) is 6.82. The topological polar surface area (TPSA) is 93.2 Å². The lowest BCUT2D eigenvalue weighted by Crippen LogP contribution is -2.28. The van der Waals surface area contributed by atoms with Crippen molar-refractivity contribution in [1.82, 2.24) is 15.3 Å². The van der Waals surface area contributed by atoms with Gasteiger partial charge in [0.2, 0.25) is 11.9 Å². The Morgan fingerprint density at radius 2 is 1.77 bits per heavy atom. The van der Waals surface area contributed by atoms with Gasteiger partial charge in [-0.2, -0.15) is 0 Å². The van der Waals surface area contributed by atoms with Crippen LogP contribution in [0.1, 0.15) is 58.7 Å². The fraction of sp³-hybridized carbons (Fsp3) is 0.455. The minimum absolute atomic E-state index is 0.000496. The maximum atomic E-state index is 12.8. The molecule has 166 valence electrons. The van der Waals surface area contributed by atoms with Crippen LogP contribution in [0.15, 0.2) is 18.2 Å². The molecule has 7 nitrogen and oxygen atoms in total.